The number of aromatic nitrogens is 1. The average Bonchev–Trinajstić information content (AvgIpc) is 3.18. The van der Waals surface area contributed by atoms with Gasteiger partial charge in [-0.3, -0.25) is 4.79 Å². The fraction of sp³-hybridized carbons (Fsp3) is 0.208. The number of rotatable bonds is 5. The number of hydrogen-bond acceptors (Lipinski definition) is 4. The standard InChI is InChI=1S/C24H23NO4/c1-15(2)9-10-28-18-5-7-19-22(13-18)29-23(24(19)26)11-16-14-25(3)21-8-6-17(27-4)12-20(16)21/h5-9,11-14H,10H2,1-4H3/b23-11-. The summed E-state index contributed by atoms with van der Waals surface area (Å²) in [5.74, 6) is 2.13. The number of carbonyl (C=O) groups excluding carboxylic acids is 1. The maximum absolute atomic E-state index is 12.8. The Bertz CT molecular complexity index is 1160. The van der Waals surface area contributed by atoms with E-state index in [1.807, 2.05) is 55.9 Å². The van der Waals surface area contributed by atoms with E-state index in [9.17, 15) is 4.79 Å². The number of benzene rings is 2. The van der Waals surface area contributed by atoms with Gasteiger partial charge in [-0.15, -0.1) is 0 Å². The van der Waals surface area contributed by atoms with E-state index in [4.69, 9.17) is 14.2 Å². The number of ether oxygens (including phenoxy) is 3. The zero-order valence-electron chi connectivity index (χ0n) is 17.0. The minimum Gasteiger partial charge on any atom is -0.497 e. The van der Waals surface area contributed by atoms with Gasteiger partial charge in [-0.1, -0.05) is 5.57 Å². The van der Waals surface area contributed by atoms with Crippen molar-refractivity contribution in [3.05, 3.63) is 71.1 Å². The number of hydrogen-bond donors (Lipinski definition) is 0. The molecule has 3 aromatic rings. The van der Waals surface area contributed by atoms with E-state index in [-0.39, 0.29) is 5.78 Å². The van der Waals surface area contributed by atoms with Crippen LogP contribution in [-0.4, -0.2) is 24.1 Å². The molecule has 0 saturated heterocycles. The molecule has 4 rings (SSSR count). The van der Waals surface area contributed by atoms with Crippen molar-refractivity contribution in [3.8, 4) is 17.2 Å². The fourth-order valence-electron chi connectivity index (χ4n) is 3.35. The molecular formula is C24H23NO4. The second-order valence-electron chi connectivity index (χ2n) is 7.27. The Kier molecular flexibility index (Phi) is 4.89. The number of nitrogens with zero attached hydrogens (tertiary/aromatic N) is 1. The molecule has 2 aromatic carbocycles. The van der Waals surface area contributed by atoms with Crippen molar-refractivity contribution in [2.75, 3.05) is 13.7 Å². The molecule has 0 spiro atoms. The van der Waals surface area contributed by atoms with Crippen molar-refractivity contribution >= 4 is 22.8 Å². The van der Waals surface area contributed by atoms with Gasteiger partial charge in [-0.2, -0.15) is 0 Å². The second kappa shape index (κ2) is 7.51. The molecule has 5 nitrogen and oxygen atoms in total. The van der Waals surface area contributed by atoms with E-state index in [0.717, 1.165) is 22.2 Å². The van der Waals surface area contributed by atoms with Crippen molar-refractivity contribution in [2.24, 2.45) is 7.05 Å². The zero-order valence-corrected chi connectivity index (χ0v) is 17.0. The van der Waals surface area contributed by atoms with Gasteiger partial charge in [0.05, 0.1) is 12.7 Å². The number of carbonyl (C=O) groups is 1. The Morgan fingerprint density at radius 1 is 1.14 bits per heavy atom. The van der Waals surface area contributed by atoms with Crippen LogP contribution in [-0.2, 0) is 7.05 Å². The SMILES string of the molecule is COc1ccc2c(c1)c(/C=C1\Oc3cc(OCC=C(C)C)ccc3C1=O)cn2C. The summed E-state index contributed by atoms with van der Waals surface area (Å²) in [5.41, 5.74) is 3.69. The molecule has 0 radical (unpaired) electrons. The van der Waals surface area contributed by atoms with Gasteiger partial charge in [0.25, 0.3) is 0 Å². The molecule has 148 valence electrons. The minimum atomic E-state index is -0.129. The van der Waals surface area contributed by atoms with Crippen LogP contribution in [0.25, 0.3) is 17.0 Å². The highest BCUT2D eigenvalue weighted by Crippen LogP contribution is 2.36. The van der Waals surface area contributed by atoms with Gasteiger partial charge in [0.2, 0.25) is 5.78 Å². The second-order valence-corrected chi connectivity index (χ2v) is 7.27. The third-order valence-corrected chi connectivity index (χ3v) is 4.90. The highest BCUT2D eigenvalue weighted by molar-refractivity contribution is 6.15. The van der Waals surface area contributed by atoms with Crippen molar-refractivity contribution in [1.82, 2.24) is 4.57 Å². The first-order chi connectivity index (χ1) is 14.0. The first-order valence-corrected chi connectivity index (χ1v) is 9.44. The lowest BCUT2D eigenvalue weighted by atomic mass is 10.1. The highest BCUT2D eigenvalue weighted by atomic mass is 16.5. The van der Waals surface area contributed by atoms with E-state index < -0.39 is 0 Å². The molecule has 0 saturated carbocycles. The summed E-state index contributed by atoms with van der Waals surface area (Å²) in [6.45, 7) is 4.52. The van der Waals surface area contributed by atoms with E-state index in [1.54, 1.807) is 31.4 Å². The quantitative estimate of drug-likeness (QED) is 0.447. The number of aryl methyl sites for hydroxylation is 1. The molecule has 29 heavy (non-hydrogen) atoms. The highest BCUT2D eigenvalue weighted by Gasteiger charge is 2.28. The molecule has 0 atom stereocenters. The first-order valence-electron chi connectivity index (χ1n) is 9.44. The number of ketones is 1. The predicted octanol–water partition coefficient (Wildman–Crippen LogP) is 5.15. The summed E-state index contributed by atoms with van der Waals surface area (Å²) in [6, 6.07) is 11.2. The summed E-state index contributed by atoms with van der Waals surface area (Å²) in [7, 11) is 3.61. The molecule has 5 heteroatoms. The lowest BCUT2D eigenvalue weighted by Gasteiger charge is -2.05. The van der Waals surface area contributed by atoms with Crippen molar-refractivity contribution < 1.29 is 19.0 Å². The van der Waals surface area contributed by atoms with Crippen LogP contribution in [0.5, 0.6) is 17.2 Å². The summed E-state index contributed by atoms with van der Waals surface area (Å²) in [4.78, 5) is 12.8. The molecular weight excluding hydrogens is 366 g/mol. The summed E-state index contributed by atoms with van der Waals surface area (Å²) in [5, 5.41) is 0.998. The smallest absolute Gasteiger partial charge is 0.231 e. The minimum absolute atomic E-state index is 0.129. The number of allylic oxidation sites excluding steroid dienone is 2. The monoisotopic (exact) mass is 389 g/mol. The van der Waals surface area contributed by atoms with Gasteiger partial charge in [0.15, 0.2) is 5.76 Å². The maximum atomic E-state index is 12.8. The molecule has 1 aromatic heterocycles. The Morgan fingerprint density at radius 2 is 1.93 bits per heavy atom. The van der Waals surface area contributed by atoms with Crippen LogP contribution < -0.4 is 14.2 Å². The van der Waals surface area contributed by atoms with Crippen LogP contribution >= 0.6 is 0 Å². The Hall–Kier alpha value is -3.47. The van der Waals surface area contributed by atoms with E-state index in [2.05, 4.69) is 0 Å². The van der Waals surface area contributed by atoms with Crippen LogP contribution in [0.15, 0.2) is 60.0 Å². The summed E-state index contributed by atoms with van der Waals surface area (Å²) in [6.07, 6.45) is 5.76. The molecule has 2 heterocycles. The van der Waals surface area contributed by atoms with Crippen LogP contribution in [0.2, 0.25) is 0 Å². The van der Waals surface area contributed by atoms with Gasteiger partial charge in [0.1, 0.15) is 23.9 Å². The van der Waals surface area contributed by atoms with Crippen LogP contribution in [0.1, 0.15) is 29.8 Å². The number of Topliss-reactive ketones (excluding diaryl/α,β-unsaturated/α-hetero) is 1. The average molecular weight is 389 g/mol. The van der Waals surface area contributed by atoms with Gasteiger partial charge in [0, 0.05) is 35.8 Å². The van der Waals surface area contributed by atoms with Gasteiger partial charge in [-0.05, 0) is 56.3 Å². The third-order valence-electron chi connectivity index (χ3n) is 4.90. The number of fused-ring (bicyclic) bond motifs is 2. The fourth-order valence-corrected chi connectivity index (χ4v) is 3.35. The molecule has 0 unspecified atom stereocenters. The van der Waals surface area contributed by atoms with Crippen molar-refractivity contribution in [1.29, 1.82) is 0 Å². The van der Waals surface area contributed by atoms with E-state index in [1.165, 1.54) is 5.57 Å². The van der Waals surface area contributed by atoms with Gasteiger partial charge < -0.3 is 18.8 Å². The Balaban J connectivity index is 1.64. The Morgan fingerprint density at radius 3 is 2.69 bits per heavy atom. The van der Waals surface area contributed by atoms with Gasteiger partial charge in [-0.25, -0.2) is 0 Å². The molecule has 0 bridgehead atoms. The zero-order chi connectivity index (χ0) is 20.5. The maximum Gasteiger partial charge on any atom is 0.231 e. The predicted molar refractivity (Wildman–Crippen MR) is 114 cm³/mol. The largest absolute Gasteiger partial charge is 0.497 e. The van der Waals surface area contributed by atoms with Crippen molar-refractivity contribution in [2.45, 2.75) is 13.8 Å². The molecule has 1 aliphatic rings. The first kappa shape index (κ1) is 18.9. The summed E-state index contributed by atoms with van der Waals surface area (Å²) < 4.78 is 19.0. The lowest BCUT2D eigenvalue weighted by Crippen LogP contribution is -1.97. The van der Waals surface area contributed by atoms with Gasteiger partial charge >= 0.3 is 0 Å². The molecule has 0 N–H and O–H groups in total. The number of methoxy groups -OCH3 is 1. The van der Waals surface area contributed by atoms with E-state index in [0.29, 0.717) is 29.4 Å². The van der Waals surface area contributed by atoms with Crippen molar-refractivity contribution in [3.63, 3.8) is 0 Å². The van der Waals surface area contributed by atoms with E-state index >= 15 is 0 Å². The normalized spacial score (nSPS) is 14.1. The Labute approximate surface area is 169 Å². The molecule has 0 fully saturated rings. The van der Waals surface area contributed by atoms with Crippen LogP contribution in [0.4, 0.5) is 0 Å². The molecule has 0 amide bonds. The topological polar surface area (TPSA) is 49.7 Å². The lowest BCUT2D eigenvalue weighted by molar-refractivity contribution is 0.101. The third kappa shape index (κ3) is 3.63. The summed E-state index contributed by atoms with van der Waals surface area (Å²) >= 11 is 0. The van der Waals surface area contributed by atoms with Crippen LogP contribution in [0, 0.1) is 0 Å². The van der Waals surface area contributed by atoms with Crippen LogP contribution in [0.3, 0.4) is 0 Å². The molecule has 1 aliphatic heterocycles. The molecule has 0 aliphatic carbocycles.